The van der Waals surface area contributed by atoms with E-state index in [1.54, 1.807) is 0 Å². The third-order valence-electron chi connectivity index (χ3n) is 5.97. The molecule has 0 aromatic heterocycles. The van der Waals surface area contributed by atoms with Crippen molar-refractivity contribution in [1.29, 1.82) is 0 Å². The Kier molecular flexibility index (Phi) is 7.61. The number of benzene rings is 2. The lowest BCUT2D eigenvalue weighted by Gasteiger charge is -2.29. The molecule has 1 aliphatic rings. The Hall–Kier alpha value is -1.74. The first kappa shape index (κ1) is 21.0. The first-order valence-corrected chi connectivity index (χ1v) is 10.7. The lowest BCUT2D eigenvalue weighted by Crippen LogP contribution is -2.31. The second-order valence-electron chi connectivity index (χ2n) is 8.38. The number of hydrogen-bond donors (Lipinski definition) is 0. The maximum absolute atomic E-state index is 14.2. The number of aryl methyl sites for hydroxylation is 1. The molecule has 1 aliphatic carbocycles. The van der Waals surface area contributed by atoms with Gasteiger partial charge in [-0.3, -0.25) is 4.90 Å². The average molecular weight is 386 g/mol. The SMILES string of the molecule is CC(C)N(CCCc1ccc(C2C(F)CCCC2F)cc1)Cc1ccccc1. The van der Waals surface area contributed by atoms with Crippen molar-refractivity contribution in [3.8, 4) is 0 Å². The van der Waals surface area contributed by atoms with Crippen LogP contribution in [0.2, 0.25) is 0 Å². The standard InChI is InChI=1S/C25H33F2N/c1-19(2)28(18-21-8-4-3-5-9-21)17-7-10-20-13-15-22(16-14-20)25-23(26)11-6-12-24(25)27/h3-5,8-9,13-16,19,23-25H,6-7,10-12,17-18H2,1-2H3. The smallest absolute Gasteiger partial charge is 0.110 e. The van der Waals surface area contributed by atoms with Crippen molar-refractivity contribution in [3.63, 3.8) is 0 Å². The number of halogens is 2. The molecule has 0 aliphatic heterocycles. The summed E-state index contributed by atoms with van der Waals surface area (Å²) in [7, 11) is 0. The van der Waals surface area contributed by atoms with Crippen molar-refractivity contribution < 1.29 is 8.78 Å². The van der Waals surface area contributed by atoms with E-state index in [1.165, 1.54) is 11.1 Å². The Morgan fingerprint density at radius 2 is 1.54 bits per heavy atom. The van der Waals surface area contributed by atoms with Gasteiger partial charge in [-0.25, -0.2) is 8.78 Å². The maximum atomic E-state index is 14.2. The van der Waals surface area contributed by atoms with Gasteiger partial charge in [0.25, 0.3) is 0 Å². The summed E-state index contributed by atoms with van der Waals surface area (Å²) in [5, 5.41) is 0. The summed E-state index contributed by atoms with van der Waals surface area (Å²) in [4.78, 5) is 2.49. The molecule has 1 fully saturated rings. The van der Waals surface area contributed by atoms with Crippen LogP contribution in [0, 0.1) is 0 Å². The minimum atomic E-state index is -1.05. The molecule has 1 saturated carbocycles. The summed E-state index contributed by atoms with van der Waals surface area (Å²) in [5.74, 6) is -0.579. The van der Waals surface area contributed by atoms with E-state index in [0.717, 1.165) is 31.5 Å². The zero-order valence-electron chi connectivity index (χ0n) is 17.2. The van der Waals surface area contributed by atoms with Crippen molar-refractivity contribution in [3.05, 3.63) is 71.3 Å². The van der Waals surface area contributed by atoms with E-state index >= 15 is 0 Å². The quantitative estimate of drug-likeness (QED) is 0.503. The molecule has 0 bridgehead atoms. The third-order valence-corrected chi connectivity index (χ3v) is 5.97. The highest BCUT2D eigenvalue weighted by Gasteiger charge is 2.34. The van der Waals surface area contributed by atoms with Gasteiger partial charge in [-0.1, -0.05) is 54.6 Å². The summed E-state index contributed by atoms with van der Waals surface area (Å²) in [6.07, 6.45) is 1.59. The van der Waals surface area contributed by atoms with E-state index in [4.69, 9.17) is 0 Å². The van der Waals surface area contributed by atoms with Gasteiger partial charge < -0.3 is 0 Å². The van der Waals surface area contributed by atoms with E-state index in [1.807, 2.05) is 12.1 Å². The Morgan fingerprint density at radius 3 is 2.14 bits per heavy atom. The van der Waals surface area contributed by atoms with Crippen LogP contribution in [-0.4, -0.2) is 29.8 Å². The lowest BCUT2D eigenvalue weighted by molar-refractivity contribution is 0.124. The van der Waals surface area contributed by atoms with Crippen LogP contribution in [0.5, 0.6) is 0 Å². The molecular weight excluding hydrogens is 352 g/mol. The Bertz CT molecular complexity index is 688. The highest BCUT2D eigenvalue weighted by molar-refractivity contribution is 5.28. The van der Waals surface area contributed by atoms with Crippen LogP contribution >= 0.6 is 0 Å². The molecule has 0 N–H and O–H groups in total. The van der Waals surface area contributed by atoms with Crippen molar-refractivity contribution in [1.82, 2.24) is 4.90 Å². The summed E-state index contributed by atoms with van der Waals surface area (Å²) in [6.45, 7) is 6.48. The summed E-state index contributed by atoms with van der Waals surface area (Å²) in [5.41, 5.74) is 3.40. The lowest BCUT2D eigenvalue weighted by atomic mass is 9.81. The van der Waals surface area contributed by atoms with Gasteiger partial charge >= 0.3 is 0 Å². The van der Waals surface area contributed by atoms with Crippen molar-refractivity contribution in [2.24, 2.45) is 0 Å². The fourth-order valence-electron chi connectivity index (χ4n) is 4.24. The van der Waals surface area contributed by atoms with Gasteiger partial charge in [-0.15, -0.1) is 0 Å². The normalized spacial score (nSPS) is 22.7. The molecule has 2 aromatic carbocycles. The van der Waals surface area contributed by atoms with Crippen LogP contribution in [0.25, 0.3) is 0 Å². The average Bonchev–Trinajstić information content (AvgIpc) is 2.69. The highest BCUT2D eigenvalue weighted by Crippen LogP contribution is 2.37. The monoisotopic (exact) mass is 385 g/mol. The van der Waals surface area contributed by atoms with E-state index in [-0.39, 0.29) is 0 Å². The summed E-state index contributed by atoms with van der Waals surface area (Å²) >= 11 is 0. The van der Waals surface area contributed by atoms with E-state index in [9.17, 15) is 8.78 Å². The van der Waals surface area contributed by atoms with E-state index in [0.29, 0.717) is 25.3 Å². The second-order valence-corrected chi connectivity index (χ2v) is 8.38. The van der Waals surface area contributed by atoms with E-state index < -0.39 is 18.3 Å². The number of nitrogens with zero attached hydrogens (tertiary/aromatic N) is 1. The Labute approximate surface area is 168 Å². The molecule has 0 saturated heterocycles. The van der Waals surface area contributed by atoms with Gasteiger partial charge in [0, 0.05) is 18.5 Å². The molecule has 0 spiro atoms. The fraction of sp³-hybridized carbons (Fsp3) is 0.520. The fourth-order valence-corrected chi connectivity index (χ4v) is 4.24. The molecule has 0 radical (unpaired) electrons. The van der Waals surface area contributed by atoms with Gasteiger partial charge in [-0.2, -0.15) is 0 Å². The van der Waals surface area contributed by atoms with Crippen LogP contribution in [0.1, 0.15) is 62.1 Å². The second kappa shape index (κ2) is 10.2. The number of alkyl halides is 2. The Morgan fingerprint density at radius 1 is 0.893 bits per heavy atom. The number of hydrogen-bond acceptors (Lipinski definition) is 1. The third kappa shape index (κ3) is 5.64. The zero-order valence-corrected chi connectivity index (χ0v) is 17.2. The zero-order chi connectivity index (χ0) is 19.9. The molecule has 2 atom stereocenters. The van der Waals surface area contributed by atoms with Gasteiger partial charge in [0.2, 0.25) is 0 Å². The highest BCUT2D eigenvalue weighted by atomic mass is 19.1. The summed E-state index contributed by atoms with van der Waals surface area (Å²) < 4.78 is 28.4. The molecule has 3 heteroatoms. The maximum Gasteiger partial charge on any atom is 0.110 e. The topological polar surface area (TPSA) is 3.24 Å². The van der Waals surface area contributed by atoms with Gasteiger partial charge in [-0.05, 0) is 69.2 Å². The number of rotatable bonds is 8. The van der Waals surface area contributed by atoms with Crippen LogP contribution < -0.4 is 0 Å². The van der Waals surface area contributed by atoms with Crippen LogP contribution in [-0.2, 0) is 13.0 Å². The largest absolute Gasteiger partial charge is 0.297 e. The minimum Gasteiger partial charge on any atom is -0.297 e. The minimum absolute atomic E-state index is 0.485. The van der Waals surface area contributed by atoms with Crippen molar-refractivity contribution in [2.75, 3.05) is 6.54 Å². The molecule has 2 aromatic rings. The van der Waals surface area contributed by atoms with Crippen LogP contribution in [0.15, 0.2) is 54.6 Å². The predicted octanol–water partition coefficient (Wildman–Crippen LogP) is 6.47. The van der Waals surface area contributed by atoms with Gasteiger partial charge in [0.15, 0.2) is 0 Å². The molecule has 0 amide bonds. The van der Waals surface area contributed by atoms with E-state index in [2.05, 4.69) is 61.2 Å². The first-order chi connectivity index (χ1) is 13.5. The Balaban J connectivity index is 1.52. The summed E-state index contributed by atoms with van der Waals surface area (Å²) in [6, 6.07) is 19.1. The van der Waals surface area contributed by atoms with Crippen LogP contribution in [0.3, 0.4) is 0 Å². The predicted molar refractivity (Wildman–Crippen MR) is 113 cm³/mol. The molecule has 0 heterocycles. The van der Waals surface area contributed by atoms with Gasteiger partial charge in [0.05, 0.1) is 0 Å². The molecule has 28 heavy (non-hydrogen) atoms. The first-order valence-electron chi connectivity index (χ1n) is 10.7. The molecule has 2 unspecified atom stereocenters. The van der Waals surface area contributed by atoms with Gasteiger partial charge in [0.1, 0.15) is 12.3 Å². The molecule has 3 rings (SSSR count). The molecule has 152 valence electrons. The van der Waals surface area contributed by atoms with Crippen molar-refractivity contribution >= 4 is 0 Å². The molecular formula is C25H33F2N. The van der Waals surface area contributed by atoms with Crippen LogP contribution in [0.4, 0.5) is 8.78 Å². The molecule has 1 nitrogen and oxygen atoms in total. The van der Waals surface area contributed by atoms with Crippen molar-refractivity contribution in [2.45, 2.75) is 76.8 Å².